The maximum atomic E-state index is 12.9. The van der Waals surface area contributed by atoms with E-state index in [9.17, 15) is 13.2 Å². The third kappa shape index (κ3) is 3.42. The predicted molar refractivity (Wildman–Crippen MR) is 95.8 cm³/mol. The second kappa shape index (κ2) is 6.93. The van der Waals surface area contributed by atoms with Gasteiger partial charge in [-0.25, -0.2) is 13.2 Å². The second-order valence-electron chi connectivity index (χ2n) is 6.63. The highest BCUT2D eigenvalue weighted by molar-refractivity contribution is 7.89. The van der Waals surface area contributed by atoms with Crippen LogP contribution in [-0.4, -0.2) is 40.5 Å². The molecule has 10 heteroatoms. The van der Waals surface area contributed by atoms with Gasteiger partial charge in [0.2, 0.25) is 15.9 Å². The number of nitrogens with zero attached hydrogens (tertiary/aromatic N) is 4. The van der Waals surface area contributed by atoms with Gasteiger partial charge >= 0.3 is 5.76 Å². The first kappa shape index (κ1) is 17.9. The summed E-state index contributed by atoms with van der Waals surface area (Å²) in [4.78, 5) is 16.4. The van der Waals surface area contributed by atoms with E-state index in [-0.39, 0.29) is 17.0 Å². The number of benzene rings is 1. The molecule has 2 aromatic heterocycles. The molecule has 0 amide bonds. The quantitative estimate of drug-likeness (QED) is 0.666. The zero-order chi connectivity index (χ0) is 19.0. The molecular weight excluding hydrogens is 372 g/mol. The Bertz CT molecular complexity index is 1120. The van der Waals surface area contributed by atoms with Crippen LogP contribution in [0.3, 0.4) is 0 Å². The molecular formula is C17H20N4O5S. The van der Waals surface area contributed by atoms with Gasteiger partial charge in [0.15, 0.2) is 11.4 Å². The SMILES string of the molecule is Cc1nc(Cn2c(=O)oc3cc(S(=O)(=O)N4CCCCCC4)ccc32)no1. The predicted octanol–water partition coefficient (Wildman–Crippen LogP) is 1.90. The van der Waals surface area contributed by atoms with Crippen molar-refractivity contribution in [3.05, 3.63) is 40.5 Å². The Kier molecular flexibility index (Phi) is 4.60. The molecule has 27 heavy (non-hydrogen) atoms. The van der Waals surface area contributed by atoms with E-state index in [4.69, 9.17) is 8.94 Å². The highest BCUT2D eigenvalue weighted by Gasteiger charge is 2.26. The molecule has 3 aromatic rings. The van der Waals surface area contributed by atoms with Gasteiger partial charge in [0.1, 0.15) is 0 Å². The number of aryl methyl sites for hydroxylation is 1. The number of oxazole rings is 1. The largest absolute Gasteiger partial charge is 0.420 e. The van der Waals surface area contributed by atoms with Crippen LogP contribution in [0.25, 0.3) is 11.1 Å². The fourth-order valence-electron chi connectivity index (χ4n) is 3.33. The Morgan fingerprint density at radius 3 is 2.56 bits per heavy atom. The Balaban J connectivity index is 1.70. The van der Waals surface area contributed by atoms with Crippen LogP contribution in [0.15, 0.2) is 36.8 Å². The first-order valence-electron chi connectivity index (χ1n) is 8.88. The molecule has 1 aliphatic heterocycles. The van der Waals surface area contributed by atoms with Crippen LogP contribution < -0.4 is 5.76 Å². The van der Waals surface area contributed by atoms with Crippen LogP contribution in [0.1, 0.15) is 37.4 Å². The number of sulfonamides is 1. The summed E-state index contributed by atoms with van der Waals surface area (Å²) in [5, 5.41) is 3.78. The highest BCUT2D eigenvalue weighted by Crippen LogP contribution is 2.24. The molecule has 0 bridgehead atoms. The van der Waals surface area contributed by atoms with Crippen molar-refractivity contribution in [2.75, 3.05) is 13.1 Å². The lowest BCUT2D eigenvalue weighted by Gasteiger charge is -2.19. The lowest BCUT2D eigenvalue weighted by molar-refractivity contribution is 0.385. The molecule has 0 atom stereocenters. The minimum atomic E-state index is -3.61. The van der Waals surface area contributed by atoms with E-state index in [1.165, 1.54) is 21.0 Å². The average molecular weight is 392 g/mol. The lowest BCUT2D eigenvalue weighted by atomic mass is 10.2. The van der Waals surface area contributed by atoms with Crippen molar-refractivity contribution in [1.82, 2.24) is 19.0 Å². The first-order chi connectivity index (χ1) is 12.9. The molecule has 1 aromatic carbocycles. The van der Waals surface area contributed by atoms with Crippen molar-refractivity contribution in [3.63, 3.8) is 0 Å². The van der Waals surface area contributed by atoms with Gasteiger partial charge in [0.05, 0.1) is 17.0 Å². The first-order valence-corrected chi connectivity index (χ1v) is 10.3. The van der Waals surface area contributed by atoms with Crippen LogP contribution in [0.2, 0.25) is 0 Å². The molecule has 9 nitrogen and oxygen atoms in total. The molecule has 0 spiro atoms. The third-order valence-electron chi connectivity index (χ3n) is 4.71. The van der Waals surface area contributed by atoms with Crippen LogP contribution in [0, 0.1) is 6.92 Å². The Labute approximate surface area is 155 Å². The minimum Gasteiger partial charge on any atom is -0.408 e. The van der Waals surface area contributed by atoms with Crippen molar-refractivity contribution >= 4 is 21.1 Å². The Morgan fingerprint density at radius 2 is 1.89 bits per heavy atom. The van der Waals surface area contributed by atoms with E-state index in [1.54, 1.807) is 13.0 Å². The van der Waals surface area contributed by atoms with E-state index < -0.39 is 15.8 Å². The van der Waals surface area contributed by atoms with Crippen LogP contribution in [0.4, 0.5) is 0 Å². The van der Waals surface area contributed by atoms with E-state index >= 15 is 0 Å². The molecule has 144 valence electrons. The fourth-order valence-corrected chi connectivity index (χ4v) is 4.87. The third-order valence-corrected chi connectivity index (χ3v) is 6.61. The van der Waals surface area contributed by atoms with E-state index in [1.807, 2.05) is 0 Å². The normalized spacial score (nSPS) is 16.6. The van der Waals surface area contributed by atoms with Crippen molar-refractivity contribution in [2.24, 2.45) is 0 Å². The van der Waals surface area contributed by atoms with Gasteiger partial charge in [-0.05, 0) is 25.0 Å². The van der Waals surface area contributed by atoms with Crippen LogP contribution in [-0.2, 0) is 16.6 Å². The summed E-state index contributed by atoms with van der Waals surface area (Å²) in [6.07, 6.45) is 3.80. The maximum absolute atomic E-state index is 12.9. The Hall–Kier alpha value is -2.46. The number of fused-ring (bicyclic) bond motifs is 1. The molecule has 3 heterocycles. The zero-order valence-corrected chi connectivity index (χ0v) is 15.7. The molecule has 1 aliphatic rings. The Morgan fingerprint density at radius 1 is 1.15 bits per heavy atom. The summed E-state index contributed by atoms with van der Waals surface area (Å²) >= 11 is 0. The van der Waals surface area contributed by atoms with Gasteiger partial charge in [0.25, 0.3) is 0 Å². The van der Waals surface area contributed by atoms with Crippen molar-refractivity contribution < 1.29 is 17.4 Å². The molecule has 1 fully saturated rings. The number of hydrogen-bond donors (Lipinski definition) is 0. The number of rotatable bonds is 4. The van der Waals surface area contributed by atoms with E-state index in [0.717, 1.165) is 25.7 Å². The summed E-state index contributed by atoms with van der Waals surface area (Å²) in [7, 11) is -3.61. The highest BCUT2D eigenvalue weighted by atomic mass is 32.2. The standard InChI is InChI=1S/C17H20N4O5S/c1-12-18-16(19-26-12)11-21-14-7-6-13(10-15(14)25-17(21)22)27(23,24)20-8-4-2-3-5-9-20/h6-7,10H,2-5,8-9,11H2,1H3. The van der Waals surface area contributed by atoms with Gasteiger partial charge in [-0.15, -0.1) is 0 Å². The van der Waals surface area contributed by atoms with Gasteiger partial charge in [0, 0.05) is 26.1 Å². The maximum Gasteiger partial charge on any atom is 0.420 e. The molecule has 1 saturated heterocycles. The lowest BCUT2D eigenvalue weighted by Crippen LogP contribution is -2.31. The topological polar surface area (TPSA) is 111 Å². The monoisotopic (exact) mass is 392 g/mol. The van der Waals surface area contributed by atoms with Crippen LogP contribution >= 0.6 is 0 Å². The van der Waals surface area contributed by atoms with Gasteiger partial charge in [-0.3, -0.25) is 4.57 Å². The fraction of sp³-hybridized carbons (Fsp3) is 0.471. The summed E-state index contributed by atoms with van der Waals surface area (Å²) in [5.74, 6) is 0.145. The summed E-state index contributed by atoms with van der Waals surface area (Å²) in [5.41, 5.74) is 0.702. The van der Waals surface area contributed by atoms with Crippen molar-refractivity contribution in [3.8, 4) is 0 Å². The minimum absolute atomic E-state index is 0.0847. The molecule has 4 rings (SSSR count). The van der Waals surface area contributed by atoms with Gasteiger partial charge in [-0.1, -0.05) is 18.0 Å². The molecule has 0 aliphatic carbocycles. The summed E-state index contributed by atoms with van der Waals surface area (Å²) in [6.45, 7) is 2.78. The van der Waals surface area contributed by atoms with Crippen LogP contribution in [0.5, 0.6) is 0 Å². The average Bonchev–Trinajstić information content (AvgIpc) is 3.04. The molecule has 0 N–H and O–H groups in total. The van der Waals surface area contributed by atoms with Gasteiger partial charge in [-0.2, -0.15) is 9.29 Å². The van der Waals surface area contributed by atoms with Crippen molar-refractivity contribution in [2.45, 2.75) is 44.0 Å². The number of aromatic nitrogens is 3. The van der Waals surface area contributed by atoms with Gasteiger partial charge < -0.3 is 8.94 Å². The smallest absolute Gasteiger partial charge is 0.408 e. The van der Waals surface area contributed by atoms with Crippen molar-refractivity contribution in [1.29, 1.82) is 0 Å². The van der Waals surface area contributed by atoms with E-state index in [0.29, 0.717) is 30.3 Å². The summed E-state index contributed by atoms with van der Waals surface area (Å²) in [6, 6.07) is 4.50. The number of hydrogen-bond acceptors (Lipinski definition) is 7. The molecule has 0 unspecified atom stereocenters. The summed E-state index contributed by atoms with van der Waals surface area (Å²) < 4.78 is 38.9. The molecule has 0 radical (unpaired) electrons. The van der Waals surface area contributed by atoms with E-state index in [2.05, 4.69) is 10.1 Å². The molecule has 0 saturated carbocycles. The second-order valence-corrected chi connectivity index (χ2v) is 8.57. The zero-order valence-electron chi connectivity index (χ0n) is 14.9.